The van der Waals surface area contributed by atoms with Crippen LogP contribution in [0.1, 0.15) is 11.1 Å². The average molecular weight is 549 g/mol. The number of amides is 1. The van der Waals surface area contributed by atoms with Gasteiger partial charge in [-0.25, -0.2) is 4.98 Å². The second-order valence-corrected chi connectivity index (χ2v) is 9.79. The molecule has 0 saturated heterocycles. The summed E-state index contributed by atoms with van der Waals surface area (Å²) in [6.07, 6.45) is 0. The third-order valence-corrected chi connectivity index (χ3v) is 6.92. The van der Waals surface area contributed by atoms with Crippen molar-refractivity contribution in [3.05, 3.63) is 104 Å². The van der Waals surface area contributed by atoms with Crippen LogP contribution in [0.3, 0.4) is 0 Å². The average Bonchev–Trinajstić information content (AvgIpc) is 2.89. The van der Waals surface area contributed by atoms with E-state index in [0.29, 0.717) is 43.1 Å². The molecule has 0 saturated carbocycles. The van der Waals surface area contributed by atoms with E-state index >= 15 is 0 Å². The third kappa shape index (κ3) is 6.27. The Morgan fingerprint density at radius 3 is 2.24 bits per heavy atom. The number of hydrogen-bond donors (Lipinski definition) is 1. The van der Waals surface area contributed by atoms with E-state index in [-0.39, 0.29) is 17.3 Å². The summed E-state index contributed by atoms with van der Waals surface area (Å²) < 4.78 is 0. The van der Waals surface area contributed by atoms with Gasteiger partial charge in [-0.2, -0.15) is 5.26 Å². The number of benzene rings is 3. The molecule has 37 heavy (non-hydrogen) atoms. The maximum atomic E-state index is 12.8. The largest absolute Gasteiger partial charge is 0.325 e. The molecule has 184 valence electrons. The Kier molecular flexibility index (Phi) is 8.09. The van der Waals surface area contributed by atoms with Crippen molar-refractivity contribution in [2.45, 2.75) is 11.9 Å². The van der Waals surface area contributed by atoms with Crippen molar-refractivity contribution in [1.29, 1.82) is 5.26 Å². The lowest BCUT2D eigenvalue weighted by molar-refractivity contribution is -0.384. The van der Waals surface area contributed by atoms with E-state index in [4.69, 9.17) is 23.2 Å². The molecule has 0 atom stereocenters. The summed E-state index contributed by atoms with van der Waals surface area (Å²) in [7, 11) is 0. The van der Waals surface area contributed by atoms with Gasteiger partial charge in [-0.05, 0) is 48.4 Å². The van der Waals surface area contributed by atoms with Crippen molar-refractivity contribution in [3.63, 3.8) is 0 Å². The van der Waals surface area contributed by atoms with Crippen LogP contribution < -0.4 is 5.32 Å². The number of nitrogens with zero attached hydrogens (tertiary/aromatic N) is 3. The van der Waals surface area contributed by atoms with Crippen LogP contribution in [0, 0.1) is 28.4 Å². The van der Waals surface area contributed by atoms with Gasteiger partial charge in [0.1, 0.15) is 11.1 Å². The lowest BCUT2D eigenvalue weighted by Crippen LogP contribution is -2.15. The molecule has 7 nitrogen and oxygen atoms in total. The van der Waals surface area contributed by atoms with Gasteiger partial charge in [0.25, 0.3) is 5.69 Å². The van der Waals surface area contributed by atoms with E-state index in [1.165, 1.54) is 12.1 Å². The fourth-order valence-corrected chi connectivity index (χ4v) is 4.59. The predicted octanol–water partition coefficient (Wildman–Crippen LogP) is 7.54. The maximum Gasteiger partial charge on any atom is 0.271 e. The summed E-state index contributed by atoms with van der Waals surface area (Å²) in [6.45, 7) is 1.75. The highest BCUT2D eigenvalue weighted by molar-refractivity contribution is 8.00. The number of aryl methyl sites for hydroxylation is 1. The van der Waals surface area contributed by atoms with Gasteiger partial charge in [-0.3, -0.25) is 14.9 Å². The van der Waals surface area contributed by atoms with Crippen LogP contribution in [-0.2, 0) is 4.79 Å². The minimum Gasteiger partial charge on any atom is -0.325 e. The first-order valence-electron chi connectivity index (χ1n) is 10.9. The molecule has 0 radical (unpaired) electrons. The number of nitro groups is 1. The van der Waals surface area contributed by atoms with Gasteiger partial charge in [0.05, 0.1) is 27.6 Å². The summed E-state index contributed by atoms with van der Waals surface area (Å²) in [5.41, 5.74) is 4.07. The molecule has 0 aliphatic heterocycles. The first kappa shape index (κ1) is 26.2. The highest BCUT2D eigenvalue weighted by Gasteiger charge is 2.18. The molecule has 0 fully saturated rings. The van der Waals surface area contributed by atoms with Crippen molar-refractivity contribution >= 4 is 52.2 Å². The zero-order chi connectivity index (χ0) is 26.5. The van der Waals surface area contributed by atoms with Gasteiger partial charge in [-0.1, -0.05) is 65.3 Å². The molecular weight excluding hydrogens is 531 g/mol. The summed E-state index contributed by atoms with van der Waals surface area (Å²) >= 11 is 13.2. The van der Waals surface area contributed by atoms with E-state index in [1.807, 2.05) is 30.3 Å². The molecule has 0 spiro atoms. The van der Waals surface area contributed by atoms with E-state index in [1.54, 1.807) is 37.3 Å². The smallest absolute Gasteiger partial charge is 0.271 e. The number of hydrogen-bond acceptors (Lipinski definition) is 6. The van der Waals surface area contributed by atoms with Crippen LogP contribution >= 0.6 is 35.0 Å². The van der Waals surface area contributed by atoms with Gasteiger partial charge < -0.3 is 5.32 Å². The number of carbonyl (C=O) groups is 1. The lowest BCUT2D eigenvalue weighted by Gasteiger charge is -2.13. The number of thioether (sulfide) groups is 1. The SMILES string of the molecule is Cc1ccc([N+](=O)[O-])cc1NC(=O)CSc1nc(-c2ccc(Cl)cc2)cc(-c2ccc(Cl)cc2)c1C#N. The maximum absolute atomic E-state index is 12.8. The van der Waals surface area contributed by atoms with Crippen molar-refractivity contribution in [3.8, 4) is 28.5 Å². The number of halogens is 2. The summed E-state index contributed by atoms with van der Waals surface area (Å²) in [5, 5.41) is 25.4. The molecule has 1 N–H and O–H groups in total. The van der Waals surface area contributed by atoms with E-state index in [0.717, 1.165) is 22.9 Å². The standard InChI is InChI=1S/C27H18Cl2N4O3S/c1-16-2-11-21(33(35)36)12-24(16)31-26(34)15-37-27-23(14-30)22(17-3-7-19(28)8-4-17)13-25(32-27)18-5-9-20(29)10-6-18/h2-13H,15H2,1H3,(H,31,34). The minimum absolute atomic E-state index is 0.0616. The summed E-state index contributed by atoms with van der Waals surface area (Å²) in [6, 6.07) is 22.6. The predicted molar refractivity (Wildman–Crippen MR) is 147 cm³/mol. The minimum atomic E-state index is -0.520. The highest BCUT2D eigenvalue weighted by Crippen LogP contribution is 2.35. The zero-order valence-electron chi connectivity index (χ0n) is 19.4. The number of nitrogens with one attached hydrogen (secondary N) is 1. The Hall–Kier alpha value is -3.90. The number of anilines is 1. The van der Waals surface area contributed by atoms with E-state index in [2.05, 4.69) is 16.4 Å². The molecule has 1 heterocycles. The Bertz CT molecular complexity index is 1540. The topological polar surface area (TPSA) is 109 Å². The van der Waals surface area contributed by atoms with Gasteiger partial charge in [0, 0.05) is 33.3 Å². The molecular formula is C27H18Cl2N4O3S. The Balaban J connectivity index is 1.68. The number of nitro benzene ring substituents is 1. The molecule has 10 heteroatoms. The number of aromatic nitrogens is 1. The van der Waals surface area contributed by atoms with E-state index < -0.39 is 4.92 Å². The Labute approximate surface area is 227 Å². The Morgan fingerprint density at radius 1 is 1.03 bits per heavy atom. The fraction of sp³-hybridized carbons (Fsp3) is 0.0741. The second kappa shape index (κ2) is 11.4. The van der Waals surface area contributed by atoms with Gasteiger partial charge in [0.2, 0.25) is 5.91 Å². The van der Waals surface area contributed by atoms with Crippen LogP contribution in [-0.4, -0.2) is 21.6 Å². The third-order valence-electron chi connectivity index (χ3n) is 5.44. The van der Waals surface area contributed by atoms with E-state index in [9.17, 15) is 20.2 Å². The number of non-ortho nitro benzene ring substituents is 1. The van der Waals surface area contributed by atoms with Crippen LogP contribution in [0.25, 0.3) is 22.4 Å². The fourth-order valence-electron chi connectivity index (χ4n) is 3.54. The number of carbonyl (C=O) groups excluding carboxylic acids is 1. The molecule has 0 aliphatic carbocycles. The van der Waals surface area contributed by atoms with Gasteiger partial charge in [-0.15, -0.1) is 0 Å². The normalized spacial score (nSPS) is 10.5. The first-order valence-corrected chi connectivity index (χ1v) is 12.6. The Morgan fingerprint density at radius 2 is 1.65 bits per heavy atom. The van der Waals surface area contributed by atoms with Crippen LogP contribution in [0.15, 0.2) is 77.8 Å². The lowest BCUT2D eigenvalue weighted by atomic mass is 9.99. The molecule has 3 aromatic carbocycles. The molecule has 0 unspecified atom stereocenters. The molecule has 0 bridgehead atoms. The van der Waals surface area contributed by atoms with Gasteiger partial charge in [0.15, 0.2) is 0 Å². The number of pyridine rings is 1. The molecule has 4 aromatic rings. The van der Waals surface area contributed by atoms with Crippen molar-refractivity contribution in [2.75, 3.05) is 11.1 Å². The van der Waals surface area contributed by atoms with Crippen LogP contribution in [0.2, 0.25) is 10.0 Å². The highest BCUT2D eigenvalue weighted by atomic mass is 35.5. The van der Waals surface area contributed by atoms with Crippen molar-refractivity contribution in [2.24, 2.45) is 0 Å². The zero-order valence-corrected chi connectivity index (χ0v) is 21.7. The number of nitriles is 1. The van der Waals surface area contributed by atoms with Gasteiger partial charge >= 0.3 is 0 Å². The van der Waals surface area contributed by atoms with Crippen molar-refractivity contribution < 1.29 is 9.72 Å². The molecule has 1 aromatic heterocycles. The number of rotatable bonds is 7. The monoisotopic (exact) mass is 548 g/mol. The van der Waals surface area contributed by atoms with Crippen LogP contribution in [0.5, 0.6) is 0 Å². The first-order chi connectivity index (χ1) is 17.7. The summed E-state index contributed by atoms with van der Waals surface area (Å²) in [4.78, 5) is 28.0. The quantitative estimate of drug-likeness (QED) is 0.145. The van der Waals surface area contributed by atoms with Crippen LogP contribution in [0.4, 0.5) is 11.4 Å². The van der Waals surface area contributed by atoms with Crippen molar-refractivity contribution in [1.82, 2.24) is 4.98 Å². The molecule has 4 rings (SSSR count). The second-order valence-electron chi connectivity index (χ2n) is 7.95. The summed E-state index contributed by atoms with van der Waals surface area (Å²) in [5.74, 6) is -0.447. The molecule has 1 amide bonds. The molecule has 0 aliphatic rings.